The molecule has 0 fully saturated rings. The maximum atomic E-state index is 13.1. The molecule has 0 aliphatic carbocycles. The summed E-state index contributed by atoms with van der Waals surface area (Å²) in [4.78, 5) is 12.8. The summed E-state index contributed by atoms with van der Waals surface area (Å²) in [5.41, 5.74) is 1.60. The molecule has 0 spiro atoms. The average Bonchev–Trinajstić information content (AvgIpc) is 2.74. The first kappa shape index (κ1) is 21.2. The third kappa shape index (κ3) is 5.76. The van der Waals surface area contributed by atoms with Crippen LogP contribution in [-0.4, -0.2) is 31.7 Å². The molecule has 3 aromatic rings. The normalized spacial score (nSPS) is 11.4. The lowest BCUT2D eigenvalue weighted by Gasteiger charge is -2.22. The number of anilines is 1. The summed E-state index contributed by atoms with van der Waals surface area (Å²) in [6.07, 6.45) is 0.509. The lowest BCUT2D eigenvalue weighted by atomic mass is 10.1. The smallest absolute Gasteiger partial charge is 0.243 e. The number of rotatable bonds is 8. The quantitative estimate of drug-likeness (QED) is 0.530. The summed E-state index contributed by atoms with van der Waals surface area (Å²) in [6.45, 7) is -0.0734. The molecule has 0 bridgehead atoms. The first-order chi connectivity index (χ1) is 14.0. The number of hydrogen-bond acceptors (Lipinski definition) is 3. The first-order valence-electron chi connectivity index (χ1n) is 9.10. The molecule has 0 heterocycles. The molecule has 5 nitrogen and oxygen atoms in total. The van der Waals surface area contributed by atoms with E-state index in [4.69, 9.17) is 0 Å². The van der Waals surface area contributed by atoms with Crippen LogP contribution in [0.25, 0.3) is 0 Å². The predicted octanol–water partition coefficient (Wildman–Crippen LogP) is 4.32. The van der Waals surface area contributed by atoms with Gasteiger partial charge in [0.15, 0.2) is 0 Å². The van der Waals surface area contributed by atoms with Crippen molar-refractivity contribution in [2.24, 2.45) is 0 Å². The summed E-state index contributed by atoms with van der Waals surface area (Å²) in [7, 11) is -3.81. The molecule has 0 saturated carbocycles. The van der Waals surface area contributed by atoms with E-state index >= 15 is 0 Å². The molecule has 0 aromatic heterocycles. The highest BCUT2D eigenvalue weighted by Crippen LogP contribution is 2.22. The van der Waals surface area contributed by atoms with Gasteiger partial charge in [0.2, 0.25) is 15.9 Å². The molecule has 0 radical (unpaired) electrons. The Hall–Kier alpha value is -2.48. The fourth-order valence-corrected chi connectivity index (χ4v) is 4.64. The number of hydrogen-bond donors (Lipinski definition) is 1. The van der Waals surface area contributed by atoms with E-state index in [1.54, 1.807) is 30.3 Å². The van der Waals surface area contributed by atoms with Crippen molar-refractivity contribution in [2.45, 2.75) is 11.3 Å². The van der Waals surface area contributed by atoms with Crippen LogP contribution in [-0.2, 0) is 21.2 Å². The van der Waals surface area contributed by atoms with Gasteiger partial charge in [-0.25, -0.2) is 8.42 Å². The molecule has 3 rings (SSSR count). The van der Waals surface area contributed by atoms with Crippen molar-refractivity contribution in [1.82, 2.24) is 4.31 Å². The van der Waals surface area contributed by atoms with Gasteiger partial charge < -0.3 is 5.32 Å². The van der Waals surface area contributed by atoms with Crippen molar-refractivity contribution in [2.75, 3.05) is 18.4 Å². The number of carbonyl (C=O) groups excluding carboxylic acids is 1. The van der Waals surface area contributed by atoms with Crippen LogP contribution >= 0.6 is 15.9 Å². The number of halogens is 1. The molecular weight excluding hydrogens is 452 g/mol. The summed E-state index contributed by atoms with van der Waals surface area (Å²) in [5, 5.41) is 2.77. The Balaban J connectivity index is 1.80. The summed E-state index contributed by atoms with van der Waals surface area (Å²) >= 11 is 3.38. The summed E-state index contributed by atoms with van der Waals surface area (Å²) < 4.78 is 28.2. The highest BCUT2D eigenvalue weighted by Gasteiger charge is 2.26. The van der Waals surface area contributed by atoms with Crippen LogP contribution in [0.5, 0.6) is 0 Å². The third-order valence-corrected chi connectivity index (χ3v) is 6.89. The number of sulfonamides is 1. The zero-order valence-corrected chi connectivity index (χ0v) is 18.1. The number of benzene rings is 3. The monoisotopic (exact) mass is 472 g/mol. The molecule has 29 heavy (non-hydrogen) atoms. The van der Waals surface area contributed by atoms with Gasteiger partial charge in [-0.3, -0.25) is 4.79 Å². The molecule has 3 aromatic carbocycles. The fraction of sp³-hybridized carbons (Fsp3) is 0.136. The van der Waals surface area contributed by atoms with Crippen molar-refractivity contribution in [3.8, 4) is 0 Å². The van der Waals surface area contributed by atoms with Crippen LogP contribution in [0.15, 0.2) is 94.3 Å². The van der Waals surface area contributed by atoms with Crippen molar-refractivity contribution in [3.05, 3.63) is 95.0 Å². The van der Waals surface area contributed by atoms with E-state index in [1.165, 1.54) is 16.4 Å². The van der Waals surface area contributed by atoms with Crippen LogP contribution in [0.1, 0.15) is 5.56 Å². The minimum absolute atomic E-state index is 0.168. The topological polar surface area (TPSA) is 66.5 Å². The van der Waals surface area contributed by atoms with Crippen molar-refractivity contribution < 1.29 is 13.2 Å². The van der Waals surface area contributed by atoms with E-state index in [0.29, 0.717) is 12.1 Å². The van der Waals surface area contributed by atoms with Gasteiger partial charge in [-0.2, -0.15) is 4.31 Å². The molecule has 0 aliphatic rings. The van der Waals surface area contributed by atoms with E-state index in [-0.39, 0.29) is 18.0 Å². The molecule has 0 aliphatic heterocycles. The van der Waals surface area contributed by atoms with E-state index in [0.717, 1.165) is 10.0 Å². The maximum absolute atomic E-state index is 13.1. The Morgan fingerprint density at radius 2 is 1.45 bits per heavy atom. The SMILES string of the molecule is O=C(CN(CCc1ccccc1)S(=O)(=O)c1ccccc1)Nc1ccccc1Br. The molecule has 1 N–H and O–H groups in total. The summed E-state index contributed by atoms with van der Waals surface area (Å²) in [6, 6.07) is 25.0. The predicted molar refractivity (Wildman–Crippen MR) is 118 cm³/mol. The largest absolute Gasteiger partial charge is 0.324 e. The maximum Gasteiger partial charge on any atom is 0.243 e. The van der Waals surface area contributed by atoms with Gasteiger partial charge in [-0.05, 0) is 52.2 Å². The van der Waals surface area contributed by atoms with E-state index in [2.05, 4.69) is 21.2 Å². The fourth-order valence-electron chi connectivity index (χ4n) is 2.84. The zero-order chi connectivity index (χ0) is 20.7. The number of nitrogens with zero attached hydrogens (tertiary/aromatic N) is 1. The minimum Gasteiger partial charge on any atom is -0.324 e. The van der Waals surface area contributed by atoms with Crippen LogP contribution in [0.4, 0.5) is 5.69 Å². The average molecular weight is 473 g/mol. The van der Waals surface area contributed by atoms with Crippen LogP contribution < -0.4 is 5.32 Å². The van der Waals surface area contributed by atoms with Crippen LogP contribution in [0.3, 0.4) is 0 Å². The van der Waals surface area contributed by atoms with Gasteiger partial charge in [0.1, 0.15) is 0 Å². The highest BCUT2D eigenvalue weighted by atomic mass is 79.9. The second kappa shape index (κ2) is 9.82. The van der Waals surface area contributed by atoms with E-state index in [1.807, 2.05) is 42.5 Å². The third-order valence-electron chi connectivity index (χ3n) is 4.34. The Morgan fingerprint density at radius 1 is 0.862 bits per heavy atom. The minimum atomic E-state index is -3.81. The number of nitrogens with one attached hydrogen (secondary N) is 1. The van der Waals surface area contributed by atoms with Gasteiger partial charge in [0, 0.05) is 11.0 Å². The van der Waals surface area contributed by atoms with Gasteiger partial charge >= 0.3 is 0 Å². The number of carbonyl (C=O) groups is 1. The van der Waals surface area contributed by atoms with Gasteiger partial charge in [0.05, 0.1) is 17.1 Å². The first-order valence-corrected chi connectivity index (χ1v) is 11.3. The molecule has 150 valence electrons. The second-order valence-corrected chi connectivity index (χ2v) is 9.21. The Kier molecular flexibility index (Phi) is 7.19. The highest BCUT2D eigenvalue weighted by molar-refractivity contribution is 9.10. The van der Waals surface area contributed by atoms with Crippen LogP contribution in [0, 0.1) is 0 Å². The molecule has 7 heteroatoms. The van der Waals surface area contributed by atoms with E-state index in [9.17, 15) is 13.2 Å². The number of amides is 1. The van der Waals surface area contributed by atoms with Crippen molar-refractivity contribution >= 4 is 37.5 Å². The number of para-hydroxylation sites is 1. The van der Waals surface area contributed by atoms with E-state index < -0.39 is 15.9 Å². The van der Waals surface area contributed by atoms with Crippen LogP contribution in [0.2, 0.25) is 0 Å². The molecule has 0 atom stereocenters. The zero-order valence-electron chi connectivity index (χ0n) is 15.7. The molecular formula is C22H21BrN2O3S. The Labute approximate surface area is 179 Å². The summed E-state index contributed by atoms with van der Waals surface area (Å²) in [5.74, 6) is -0.399. The van der Waals surface area contributed by atoms with Gasteiger partial charge in [-0.15, -0.1) is 0 Å². The van der Waals surface area contributed by atoms with Gasteiger partial charge in [0.25, 0.3) is 0 Å². The Morgan fingerprint density at radius 3 is 2.10 bits per heavy atom. The lowest BCUT2D eigenvalue weighted by Crippen LogP contribution is -2.39. The second-order valence-electron chi connectivity index (χ2n) is 6.42. The standard InChI is InChI=1S/C22H21BrN2O3S/c23-20-13-7-8-14-21(20)24-22(26)17-25(16-15-18-9-3-1-4-10-18)29(27,28)19-11-5-2-6-12-19/h1-14H,15-17H2,(H,24,26). The van der Waals surface area contributed by atoms with Crippen molar-refractivity contribution in [1.29, 1.82) is 0 Å². The Bertz CT molecular complexity index is 1060. The van der Waals surface area contributed by atoms with Crippen molar-refractivity contribution in [3.63, 3.8) is 0 Å². The lowest BCUT2D eigenvalue weighted by molar-refractivity contribution is -0.116. The van der Waals surface area contributed by atoms with Gasteiger partial charge in [-0.1, -0.05) is 60.7 Å². The molecule has 1 amide bonds. The molecule has 0 saturated heterocycles. The molecule has 0 unspecified atom stereocenters.